The van der Waals surface area contributed by atoms with Crippen molar-refractivity contribution in [3.8, 4) is 0 Å². The predicted molar refractivity (Wildman–Crippen MR) is 79.2 cm³/mol. The number of rotatable bonds is 6. The quantitative estimate of drug-likeness (QED) is 0.792. The maximum absolute atomic E-state index is 11.9. The van der Waals surface area contributed by atoms with Gasteiger partial charge in [0.1, 0.15) is 6.54 Å². The van der Waals surface area contributed by atoms with Crippen LogP contribution in [0.5, 0.6) is 0 Å². The summed E-state index contributed by atoms with van der Waals surface area (Å²) in [6, 6.07) is 6.95. The molecule has 0 unspecified atom stereocenters. The molecule has 4 nitrogen and oxygen atoms in total. The number of carbonyl (C=O) groups is 2. The number of benzene rings is 1. The average Bonchev–Trinajstić information content (AvgIpc) is 2.35. The van der Waals surface area contributed by atoms with E-state index in [0.717, 1.165) is 16.2 Å². The molecule has 0 saturated carbocycles. The van der Waals surface area contributed by atoms with Crippen LogP contribution in [-0.2, 0) is 9.59 Å². The molecule has 0 spiro atoms. The number of halogens is 4. The molecular formula is C12H12BrF3N2O2S. The molecule has 0 aliphatic rings. The van der Waals surface area contributed by atoms with Gasteiger partial charge < -0.3 is 10.6 Å². The molecule has 0 bridgehead atoms. The van der Waals surface area contributed by atoms with E-state index >= 15 is 0 Å². The molecule has 0 aromatic heterocycles. The molecule has 2 N–H and O–H groups in total. The minimum Gasteiger partial charge on any atom is -0.346 e. The second-order valence-electron chi connectivity index (χ2n) is 3.94. The van der Waals surface area contributed by atoms with Crippen LogP contribution in [0.1, 0.15) is 0 Å². The van der Waals surface area contributed by atoms with E-state index in [4.69, 9.17) is 0 Å². The topological polar surface area (TPSA) is 58.2 Å². The van der Waals surface area contributed by atoms with Gasteiger partial charge in [0.15, 0.2) is 0 Å². The van der Waals surface area contributed by atoms with Crippen molar-refractivity contribution < 1.29 is 22.8 Å². The van der Waals surface area contributed by atoms with Crippen LogP contribution in [0, 0.1) is 0 Å². The van der Waals surface area contributed by atoms with Gasteiger partial charge in [-0.15, -0.1) is 11.8 Å². The van der Waals surface area contributed by atoms with E-state index in [9.17, 15) is 22.8 Å². The van der Waals surface area contributed by atoms with Gasteiger partial charge in [-0.3, -0.25) is 9.59 Å². The first-order valence-electron chi connectivity index (χ1n) is 5.73. The number of carbonyl (C=O) groups excluding carboxylic acids is 2. The highest BCUT2D eigenvalue weighted by Crippen LogP contribution is 2.16. The van der Waals surface area contributed by atoms with E-state index in [0.29, 0.717) is 5.69 Å². The standard InChI is InChI=1S/C12H12BrF3N2O2S/c13-8-2-1-3-9(4-8)18-11(20)6-21-5-10(19)17-7-12(14,15)16/h1-4H,5-7H2,(H,17,19)(H,18,20). The van der Waals surface area contributed by atoms with Crippen LogP contribution in [0.25, 0.3) is 0 Å². The third-order valence-electron chi connectivity index (χ3n) is 2.06. The molecule has 0 aliphatic carbocycles. The van der Waals surface area contributed by atoms with E-state index in [1.165, 1.54) is 0 Å². The molecule has 0 aliphatic heterocycles. The van der Waals surface area contributed by atoms with Gasteiger partial charge in [-0.1, -0.05) is 22.0 Å². The highest BCUT2D eigenvalue weighted by atomic mass is 79.9. The number of thioether (sulfide) groups is 1. The summed E-state index contributed by atoms with van der Waals surface area (Å²) >= 11 is 4.20. The van der Waals surface area contributed by atoms with Crippen molar-refractivity contribution in [3.05, 3.63) is 28.7 Å². The Morgan fingerprint density at radius 2 is 1.86 bits per heavy atom. The number of anilines is 1. The van der Waals surface area contributed by atoms with Crippen molar-refractivity contribution in [2.45, 2.75) is 6.18 Å². The van der Waals surface area contributed by atoms with E-state index in [1.54, 1.807) is 29.6 Å². The number of hydrogen-bond donors (Lipinski definition) is 2. The molecule has 9 heteroatoms. The first kappa shape index (κ1) is 17.8. The monoisotopic (exact) mass is 384 g/mol. The van der Waals surface area contributed by atoms with Gasteiger partial charge >= 0.3 is 6.18 Å². The predicted octanol–water partition coefficient (Wildman–Crippen LogP) is 2.80. The van der Waals surface area contributed by atoms with Crippen LogP contribution in [-0.4, -0.2) is 36.0 Å². The van der Waals surface area contributed by atoms with Gasteiger partial charge in [0.25, 0.3) is 0 Å². The van der Waals surface area contributed by atoms with Crippen LogP contribution in [0.15, 0.2) is 28.7 Å². The third kappa shape index (κ3) is 8.61. The van der Waals surface area contributed by atoms with Crippen LogP contribution in [0.4, 0.5) is 18.9 Å². The second kappa shape index (κ2) is 8.28. The molecule has 0 saturated heterocycles. The molecule has 1 rings (SSSR count). The Balaban J connectivity index is 2.23. The summed E-state index contributed by atoms with van der Waals surface area (Å²) < 4.78 is 36.4. The van der Waals surface area contributed by atoms with Crippen LogP contribution >= 0.6 is 27.7 Å². The van der Waals surface area contributed by atoms with Gasteiger partial charge in [-0.2, -0.15) is 13.2 Å². The fourth-order valence-electron chi connectivity index (χ4n) is 1.25. The summed E-state index contributed by atoms with van der Waals surface area (Å²) in [4.78, 5) is 22.7. The van der Waals surface area contributed by atoms with E-state index in [1.807, 2.05) is 0 Å². The van der Waals surface area contributed by atoms with Gasteiger partial charge in [-0.05, 0) is 18.2 Å². The lowest BCUT2D eigenvalue weighted by Crippen LogP contribution is -2.35. The van der Waals surface area contributed by atoms with Crippen molar-refractivity contribution in [1.29, 1.82) is 0 Å². The summed E-state index contributed by atoms with van der Waals surface area (Å²) in [5.74, 6) is -1.32. The first-order valence-corrected chi connectivity index (χ1v) is 7.67. The van der Waals surface area contributed by atoms with Crippen LogP contribution in [0.2, 0.25) is 0 Å². The first-order chi connectivity index (χ1) is 9.76. The van der Waals surface area contributed by atoms with E-state index < -0.39 is 18.6 Å². The van der Waals surface area contributed by atoms with Crippen molar-refractivity contribution >= 4 is 45.2 Å². The Bertz CT molecular complexity index is 512. The Hall–Kier alpha value is -1.22. The summed E-state index contributed by atoms with van der Waals surface area (Å²) in [5, 5.41) is 4.34. The zero-order chi connectivity index (χ0) is 15.9. The molecule has 1 aromatic carbocycles. The Kier molecular flexibility index (Phi) is 7.03. The zero-order valence-corrected chi connectivity index (χ0v) is 13.1. The lowest BCUT2D eigenvalue weighted by Gasteiger charge is -2.08. The van der Waals surface area contributed by atoms with Crippen molar-refractivity contribution in [1.82, 2.24) is 5.32 Å². The fraction of sp³-hybridized carbons (Fsp3) is 0.333. The lowest BCUT2D eigenvalue weighted by molar-refractivity contribution is -0.136. The third-order valence-corrected chi connectivity index (χ3v) is 3.49. The summed E-state index contributed by atoms with van der Waals surface area (Å²) in [6.45, 7) is -1.36. The molecule has 0 radical (unpaired) electrons. The molecule has 0 heterocycles. The maximum atomic E-state index is 11.9. The van der Waals surface area contributed by atoms with E-state index in [2.05, 4.69) is 21.2 Å². The van der Waals surface area contributed by atoms with Crippen molar-refractivity contribution in [3.63, 3.8) is 0 Å². The fourth-order valence-corrected chi connectivity index (χ4v) is 2.30. The average molecular weight is 385 g/mol. The van der Waals surface area contributed by atoms with Gasteiger partial charge in [0.05, 0.1) is 11.5 Å². The Morgan fingerprint density at radius 3 is 2.48 bits per heavy atom. The largest absolute Gasteiger partial charge is 0.405 e. The van der Waals surface area contributed by atoms with Gasteiger partial charge in [0.2, 0.25) is 11.8 Å². The lowest BCUT2D eigenvalue weighted by atomic mass is 10.3. The molecule has 0 atom stereocenters. The number of nitrogens with one attached hydrogen (secondary N) is 2. The van der Waals surface area contributed by atoms with Gasteiger partial charge in [-0.25, -0.2) is 0 Å². The molecule has 1 aromatic rings. The maximum Gasteiger partial charge on any atom is 0.405 e. The second-order valence-corrected chi connectivity index (χ2v) is 5.84. The highest BCUT2D eigenvalue weighted by molar-refractivity contribution is 9.10. The van der Waals surface area contributed by atoms with E-state index in [-0.39, 0.29) is 17.4 Å². The summed E-state index contributed by atoms with van der Waals surface area (Å²) in [5.41, 5.74) is 0.594. The zero-order valence-electron chi connectivity index (χ0n) is 10.7. The minimum atomic E-state index is -4.43. The number of hydrogen-bond acceptors (Lipinski definition) is 3. The summed E-state index contributed by atoms with van der Waals surface area (Å²) in [7, 11) is 0. The van der Waals surface area contributed by atoms with Gasteiger partial charge in [0, 0.05) is 10.2 Å². The normalized spacial score (nSPS) is 11.0. The number of amides is 2. The molecule has 2 amide bonds. The highest BCUT2D eigenvalue weighted by Gasteiger charge is 2.27. The number of alkyl halides is 3. The molecular weight excluding hydrogens is 373 g/mol. The van der Waals surface area contributed by atoms with Crippen LogP contribution < -0.4 is 10.6 Å². The Labute approximate surface area is 132 Å². The minimum absolute atomic E-state index is 0.0219. The van der Waals surface area contributed by atoms with Crippen molar-refractivity contribution in [2.24, 2.45) is 0 Å². The molecule has 21 heavy (non-hydrogen) atoms. The van der Waals surface area contributed by atoms with Crippen molar-refractivity contribution in [2.75, 3.05) is 23.4 Å². The Morgan fingerprint density at radius 1 is 1.19 bits per heavy atom. The SMILES string of the molecule is O=C(CSCC(=O)Nc1cccc(Br)c1)NCC(F)(F)F. The van der Waals surface area contributed by atoms with Crippen LogP contribution in [0.3, 0.4) is 0 Å². The summed E-state index contributed by atoms with van der Waals surface area (Å²) in [6.07, 6.45) is -4.43. The molecule has 0 fully saturated rings. The smallest absolute Gasteiger partial charge is 0.346 e. The molecule has 116 valence electrons.